The fraction of sp³-hybridized carbons (Fsp3) is 0.647. The monoisotopic (exact) mass is 276 g/mol. The second-order valence-corrected chi connectivity index (χ2v) is 5.79. The number of para-hydroxylation sites is 1. The first-order chi connectivity index (χ1) is 9.83. The molecule has 0 bridgehead atoms. The molecule has 1 aliphatic heterocycles. The van der Waals surface area contributed by atoms with Crippen molar-refractivity contribution in [1.29, 1.82) is 0 Å². The summed E-state index contributed by atoms with van der Waals surface area (Å²) in [6.45, 7) is 7.11. The van der Waals surface area contributed by atoms with Crippen molar-refractivity contribution in [3.63, 3.8) is 0 Å². The summed E-state index contributed by atoms with van der Waals surface area (Å²) >= 11 is 0. The van der Waals surface area contributed by atoms with E-state index in [1.807, 2.05) is 0 Å². The highest BCUT2D eigenvalue weighted by Gasteiger charge is 2.19. The maximum atomic E-state index is 5.92. The van der Waals surface area contributed by atoms with Crippen molar-refractivity contribution in [2.24, 2.45) is 11.7 Å². The van der Waals surface area contributed by atoms with Crippen LogP contribution in [0.25, 0.3) is 0 Å². The predicted molar refractivity (Wildman–Crippen MR) is 83.9 cm³/mol. The quantitative estimate of drug-likeness (QED) is 0.778. The van der Waals surface area contributed by atoms with E-state index in [-0.39, 0.29) is 0 Å². The first-order valence-electron chi connectivity index (χ1n) is 7.96. The molecule has 20 heavy (non-hydrogen) atoms. The van der Waals surface area contributed by atoms with Crippen LogP contribution in [0.15, 0.2) is 24.3 Å². The van der Waals surface area contributed by atoms with Crippen molar-refractivity contribution in [2.45, 2.75) is 39.2 Å². The Balaban J connectivity index is 1.94. The molecule has 0 aromatic heterocycles. The topological polar surface area (TPSA) is 38.5 Å². The van der Waals surface area contributed by atoms with Crippen LogP contribution in [0, 0.1) is 5.92 Å². The van der Waals surface area contributed by atoms with Crippen molar-refractivity contribution in [3.8, 4) is 5.75 Å². The zero-order chi connectivity index (χ0) is 14.2. The second kappa shape index (κ2) is 8.28. The summed E-state index contributed by atoms with van der Waals surface area (Å²) < 4.78 is 5.92. The van der Waals surface area contributed by atoms with E-state index in [1.54, 1.807) is 0 Å². The maximum absolute atomic E-state index is 5.92. The summed E-state index contributed by atoms with van der Waals surface area (Å²) in [5, 5.41) is 0. The lowest BCUT2D eigenvalue weighted by atomic mass is 9.98. The van der Waals surface area contributed by atoms with Crippen LogP contribution in [-0.4, -0.2) is 31.1 Å². The summed E-state index contributed by atoms with van der Waals surface area (Å²) in [7, 11) is 0. The third-order valence-corrected chi connectivity index (χ3v) is 4.06. The molecule has 112 valence electrons. The summed E-state index contributed by atoms with van der Waals surface area (Å²) in [6, 6.07) is 8.44. The Morgan fingerprint density at radius 1 is 1.35 bits per heavy atom. The van der Waals surface area contributed by atoms with Crippen LogP contribution >= 0.6 is 0 Å². The van der Waals surface area contributed by atoms with Gasteiger partial charge in [-0.1, -0.05) is 31.5 Å². The van der Waals surface area contributed by atoms with Crippen LogP contribution in [0.4, 0.5) is 0 Å². The van der Waals surface area contributed by atoms with Gasteiger partial charge in [-0.3, -0.25) is 4.90 Å². The maximum Gasteiger partial charge on any atom is 0.123 e. The highest BCUT2D eigenvalue weighted by atomic mass is 16.5. The average Bonchev–Trinajstić information content (AvgIpc) is 2.49. The summed E-state index contributed by atoms with van der Waals surface area (Å²) in [5.41, 5.74) is 7.13. The van der Waals surface area contributed by atoms with E-state index in [2.05, 4.69) is 36.1 Å². The lowest BCUT2D eigenvalue weighted by molar-refractivity contribution is 0.168. The van der Waals surface area contributed by atoms with Crippen LogP contribution in [0.2, 0.25) is 0 Å². The first-order valence-corrected chi connectivity index (χ1v) is 7.96. The van der Waals surface area contributed by atoms with Gasteiger partial charge in [0.2, 0.25) is 0 Å². The normalized spacial score (nSPS) is 20.0. The average molecular weight is 276 g/mol. The smallest absolute Gasteiger partial charge is 0.123 e. The lowest BCUT2D eigenvalue weighted by Crippen LogP contribution is -2.37. The number of likely N-dealkylation sites (tertiary alicyclic amines) is 1. The van der Waals surface area contributed by atoms with Crippen LogP contribution in [-0.2, 0) is 6.54 Å². The second-order valence-electron chi connectivity index (χ2n) is 5.79. The number of piperidine rings is 1. The van der Waals surface area contributed by atoms with Gasteiger partial charge in [0.1, 0.15) is 5.75 Å². The van der Waals surface area contributed by atoms with Crippen molar-refractivity contribution < 1.29 is 4.74 Å². The molecule has 1 aromatic carbocycles. The fourth-order valence-corrected chi connectivity index (χ4v) is 2.83. The number of unbranched alkanes of at least 4 members (excludes halogenated alkanes) is 1. The number of nitrogens with zero attached hydrogens (tertiary/aromatic N) is 1. The molecule has 3 nitrogen and oxygen atoms in total. The Hall–Kier alpha value is -1.06. The minimum atomic E-state index is 0.664. The Labute approximate surface area is 123 Å². The van der Waals surface area contributed by atoms with E-state index in [9.17, 15) is 0 Å². The van der Waals surface area contributed by atoms with E-state index in [0.717, 1.165) is 38.4 Å². The van der Waals surface area contributed by atoms with Gasteiger partial charge in [0, 0.05) is 18.7 Å². The van der Waals surface area contributed by atoms with E-state index >= 15 is 0 Å². The Bertz CT molecular complexity index is 394. The van der Waals surface area contributed by atoms with E-state index in [4.69, 9.17) is 10.5 Å². The minimum absolute atomic E-state index is 0.664. The molecule has 2 N–H and O–H groups in total. The molecule has 3 heteroatoms. The standard InChI is InChI=1S/C17H28N2O/c1-2-3-11-20-17-9-5-4-8-16(17)14-19-10-6-7-15(12-18)13-19/h4-5,8-9,15H,2-3,6-7,10-14,18H2,1H3. The lowest BCUT2D eigenvalue weighted by Gasteiger charge is -2.32. The number of ether oxygens (including phenoxy) is 1. The fourth-order valence-electron chi connectivity index (χ4n) is 2.83. The van der Waals surface area contributed by atoms with Gasteiger partial charge in [0.05, 0.1) is 6.61 Å². The first kappa shape index (κ1) is 15.3. The van der Waals surface area contributed by atoms with Gasteiger partial charge in [0.15, 0.2) is 0 Å². The SMILES string of the molecule is CCCCOc1ccccc1CN1CCCC(CN)C1. The highest BCUT2D eigenvalue weighted by molar-refractivity contribution is 5.33. The molecule has 0 aliphatic carbocycles. The number of benzene rings is 1. The summed E-state index contributed by atoms with van der Waals surface area (Å²) in [4.78, 5) is 2.52. The molecule has 1 fully saturated rings. The highest BCUT2D eigenvalue weighted by Crippen LogP contribution is 2.23. The number of nitrogens with two attached hydrogens (primary N) is 1. The molecule has 1 atom stereocenters. The third kappa shape index (κ3) is 4.50. The van der Waals surface area contributed by atoms with Gasteiger partial charge in [-0.2, -0.15) is 0 Å². The molecule has 0 radical (unpaired) electrons. The number of hydrogen-bond acceptors (Lipinski definition) is 3. The molecule has 1 aromatic rings. The Morgan fingerprint density at radius 2 is 2.20 bits per heavy atom. The van der Waals surface area contributed by atoms with Gasteiger partial charge in [-0.15, -0.1) is 0 Å². The number of hydrogen-bond donors (Lipinski definition) is 1. The van der Waals surface area contributed by atoms with Crippen molar-refractivity contribution in [1.82, 2.24) is 4.90 Å². The molecule has 1 heterocycles. The molecule has 1 aliphatic rings. The summed E-state index contributed by atoms with van der Waals surface area (Å²) in [6.07, 6.45) is 4.84. The molecule has 0 saturated carbocycles. The van der Waals surface area contributed by atoms with Gasteiger partial charge in [-0.05, 0) is 44.3 Å². The van der Waals surface area contributed by atoms with Crippen LogP contribution in [0.3, 0.4) is 0 Å². The van der Waals surface area contributed by atoms with Crippen LogP contribution in [0.1, 0.15) is 38.2 Å². The van der Waals surface area contributed by atoms with Gasteiger partial charge in [0.25, 0.3) is 0 Å². The molecule has 0 spiro atoms. The predicted octanol–water partition coefficient (Wildman–Crippen LogP) is 3.04. The molecule has 0 amide bonds. The third-order valence-electron chi connectivity index (χ3n) is 4.06. The van der Waals surface area contributed by atoms with Gasteiger partial charge < -0.3 is 10.5 Å². The van der Waals surface area contributed by atoms with E-state index in [1.165, 1.54) is 31.4 Å². The zero-order valence-electron chi connectivity index (χ0n) is 12.7. The Morgan fingerprint density at radius 3 is 3.00 bits per heavy atom. The van der Waals surface area contributed by atoms with Crippen molar-refractivity contribution >= 4 is 0 Å². The van der Waals surface area contributed by atoms with Gasteiger partial charge >= 0.3 is 0 Å². The molecule has 1 saturated heterocycles. The minimum Gasteiger partial charge on any atom is -0.493 e. The largest absolute Gasteiger partial charge is 0.493 e. The van der Waals surface area contributed by atoms with Crippen LogP contribution in [0.5, 0.6) is 5.75 Å². The zero-order valence-corrected chi connectivity index (χ0v) is 12.7. The van der Waals surface area contributed by atoms with Gasteiger partial charge in [-0.25, -0.2) is 0 Å². The Kier molecular flexibility index (Phi) is 6.34. The van der Waals surface area contributed by atoms with Crippen molar-refractivity contribution in [3.05, 3.63) is 29.8 Å². The van der Waals surface area contributed by atoms with E-state index in [0.29, 0.717) is 5.92 Å². The van der Waals surface area contributed by atoms with Crippen molar-refractivity contribution in [2.75, 3.05) is 26.2 Å². The van der Waals surface area contributed by atoms with E-state index < -0.39 is 0 Å². The molecular weight excluding hydrogens is 248 g/mol. The number of rotatable bonds is 7. The molecule has 2 rings (SSSR count). The molecular formula is C17H28N2O. The van der Waals surface area contributed by atoms with Crippen LogP contribution < -0.4 is 10.5 Å². The summed E-state index contributed by atoms with van der Waals surface area (Å²) in [5.74, 6) is 1.72. The molecule has 1 unspecified atom stereocenters.